The zero-order valence-corrected chi connectivity index (χ0v) is 17.5. The van der Waals surface area contributed by atoms with Gasteiger partial charge in [0.05, 0.1) is 15.8 Å². The van der Waals surface area contributed by atoms with E-state index in [9.17, 15) is 4.79 Å². The van der Waals surface area contributed by atoms with E-state index >= 15 is 0 Å². The highest BCUT2D eigenvalue weighted by Gasteiger charge is 2.23. The van der Waals surface area contributed by atoms with Crippen molar-refractivity contribution >= 4 is 58.2 Å². The molecule has 0 radical (unpaired) electrons. The molecule has 6 nitrogen and oxygen atoms in total. The van der Waals surface area contributed by atoms with E-state index in [0.717, 1.165) is 16.8 Å². The summed E-state index contributed by atoms with van der Waals surface area (Å²) in [5, 5.41) is 14.7. The van der Waals surface area contributed by atoms with Gasteiger partial charge in [-0.2, -0.15) is 9.78 Å². The Labute approximate surface area is 179 Å². The van der Waals surface area contributed by atoms with Gasteiger partial charge in [-0.05, 0) is 36.2 Å². The number of fused-ring (bicyclic) bond motifs is 1. The summed E-state index contributed by atoms with van der Waals surface area (Å²) in [6, 6.07) is 8.72. The summed E-state index contributed by atoms with van der Waals surface area (Å²) < 4.78 is 1.60. The fourth-order valence-corrected chi connectivity index (χ4v) is 4.35. The minimum Gasteiger partial charge on any atom is -0.366 e. The number of hydrogen-bond acceptors (Lipinski definition) is 5. The van der Waals surface area contributed by atoms with E-state index in [-0.39, 0.29) is 0 Å². The van der Waals surface area contributed by atoms with Crippen molar-refractivity contribution in [3.63, 3.8) is 0 Å². The Bertz CT molecular complexity index is 1160. The number of rotatable bonds is 3. The molecule has 0 aliphatic carbocycles. The Hall–Kier alpha value is -2.06. The van der Waals surface area contributed by atoms with Crippen LogP contribution < -0.4 is 5.73 Å². The molecular weight excluding hydrogens is 441 g/mol. The number of amides is 1. The molecular formula is C18H12Cl3N5OS. The average Bonchev–Trinajstić information content (AvgIpc) is 3.08. The van der Waals surface area contributed by atoms with Crippen LogP contribution in [0.4, 0.5) is 0 Å². The van der Waals surface area contributed by atoms with Crippen LogP contribution in [0.25, 0.3) is 11.4 Å². The van der Waals surface area contributed by atoms with Gasteiger partial charge >= 0.3 is 0 Å². The average molecular weight is 453 g/mol. The molecule has 0 unspecified atom stereocenters. The Balaban J connectivity index is 1.84. The number of carbonyl (C=O) groups excluding carboxylic acids is 1. The molecule has 0 saturated heterocycles. The summed E-state index contributed by atoms with van der Waals surface area (Å²) in [5.74, 6) is 0.523. The van der Waals surface area contributed by atoms with Crippen LogP contribution in [0.2, 0.25) is 15.1 Å². The monoisotopic (exact) mass is 451 g/mol. The third-order valence-electron chi connectivity index (χ3n) is 4.24. The van der Waals surface area contributed by atoms with Crippen LogP contribution in [0.15, 0.2) is 40.6 Å². The van der Waals surface area contributed by atoms with Gasteiger partial charge in [-0.1, -0.05) is 58.7 Å². The molecule has 2 aromatic carbocycles. The molecule has 1 aromatic heterocycles. The molecule has 142 valence electrons. The van der Waals surface area contributed by atoms with E-state index in [4.69, 9.17) is 40.5 Å². The number of primary amides is 1. The first-order valence-electron chi connectivity index (χ1n) is 8.07. The van der Waals surface area contributed by atoms with Gasteiger partial charge in [0, 0.05) is 21.9 Å². The molecule has 1 amide bonds. The van der Waals surface area contributed by atoms with Crippen molar-refractivity contribution in [3.8, 4) is 11.4 Å². The SMILES string of the molecule is Cc1ccc(C2=Nn3c(nnc3-c3cc(Cl)cc(Cl)c3Cl)SC2)cc1C(N)=O. The van der Waals surface area contributed by atoms with Gasteiger partial charge in [0.15, 0.2) is 5.82 Å². The molecule has 4 rings (SSSR count). The fraction of sp³-hybridized carbons (Fsp3) is 0.111. The maximum absolute atomic E-state index is 11.7. The second-order valence-electron chi connectivity index (χ2n) is 6.10. The Kier molecular flexibility index (Phi) is 5.09. The van der Waals surface area contributed by atoms with Gasteiger partial charge in [-0.3, -0.25) is 4.79 Å². The molecule has 3 aromatic rings. The lowest BCUT2D eigenvalue weighted by Crippen LogP contribution is -2.17. The summed E-state index contributed by atoms with van der Waals surface area (Å²) >= 11 is 20.1. The minimum absolute atomic E-state index is 0.318. The first-order valence-corrected chi connectivity index (χ1v) is 10.2. The van der Waals surface area contributed by atoms with Crippen molar-refractivity contribution in [2.45, 2.75) is 12.1 Å². The Morgan fingerprint density at radius 3 is 2.71 bits per heavy atom. The minimum atomic E-state index is -0.477. The van der Waals surface area contributed by atoms with Crippen molar-refractivity contribution in [3.05, 3.63) is 62.1 Å². The largest absolute Gasteiger partial charge is 0.366 e. The summed E-state index contributed by atoms with van der Waals surface area (Å²) in [4.78, 5) is 11.7. The number of carbonyl (C=O) groups is 1. The predicted molar refractivity (Wildman–Crippen MR) is 113 cm³/mol. The maximum atomic E-state index is 11.7. The standard InChI is InChI=1S/C18H12Cl3N5OS/c1-8-2-3-9(4-11(8)16(22)27)14-7-28-18-24-23-17(26(18)25-14)12-5-10(19)6-13(20)15(12)21/h2-6H,7H2,1H3,(H2,22,27). The summed E-state index contributed by atoms with van der Waals surface area (Å²) in [7, 11) is 0. The van der Waals surface area contributed by atoms with Crippen molar-refractivity contribution in [2.75, 3.05) is 5.75 Å². The number of aryl methyl sites for hydroxylation is 1. The molecule has 0 bridgehead atoms. The van der Waals surface area contributed by atoms with Gasteiger partial charge in [-0.15, -0.1) is 10.2 Å². The predicted octanol–water partition coefficient (Wildman–Crippen LogP) is 4.67. The van der Waals surface area contributed by atoms with Crippen molar-refractivity contribution in [1.29, 1.82) is 0 Å². The summed E-state index contributed by atoms with van der Waals surface area (Å²) in [6.45, 7) is 1.84. The lowest BCUT2D eigenvalue weighted by molar-refractivity contribution is 0.0999. The summed E-state index contributed by atoms with van der Waals surface area (Å²) in [5.41, 5.74) is 8.83. The number of aromatic nitrogens is 3. The maximum Gasteiger partial charge on any atom is 0.248 e. The number of hydrogen-bond donors (Lipinski definition) is 1. The zero-order valence-electron chi connectivity index (χ0n) is 14.4. The molecule has 2 N–H and O–H groups in total. The van der Waals surface area contributed by atoms with E-state index in [2.05, 4.69) is 15.3 Å². The van der Waals surface area contributed by atoms with Crippen LogP contribution in [-0.2, 0) is 0 Å². The number of benzene rings is 2. The van der Waals surface area contributed by atoms with E-state index in [1.165, 1.54) is 11.8 Å². The molecule has 0 spiro atoms. The van der Waals surface area contributed by atoms with Crippen LogP contribution in [0.5, 0.6) is 0 Å². The van der Waals surface area contributed by atoms with Gasteiger partial charge in [0.1, 0.15) is 0 Å². The topological polar surface area (TPSA) is 86.2 Å². The third-order valence-corrected chi connectivity index (χ3v) is 6.19. The van der Waals surface area contributed by atoms with Gasteiger partial charge in [0.25, 0.3) is 0 Å². The normalized spacial score (nSPS) is 13.2. The molecule has 0 fully saturated rings. The van der Waals surface area contributed by atoms with Crippen LogP contribution in [0.1, 0.15) is 21.5 Å². The summed E-state index contributed by atoms with van der Waals surface area (Å²) in [6.07, 6.45) is 0. The second-order valence-corrected chi connectivity index (χ2v) is 8.26. The third kappa shape index (κ3) is 3.39. The smallest absolute Gasteiger partial charge is 0.248 e. The zero-order chi connectivity index (χ0) is 20.0. The number of nitrogens with two attached hydrogens (primary N) is 1. The van der Waals surface area contributed by atoms with Crippen LogP contribution in [0, 0.1) is 6.92 Å². The highest BCUT2D eigenvalue weighted by molar-refractivity contribution is 7.99. The van der Waals surface area contributed by atoms with Crippen LogP contribution >= 0.6 is 46.6 Å². The second kappa shape index (κ2) is 7.40. The number of halogens is 3. The Morgan fingerprint density at radius 1 is 1.18 bits per heavy atom. The van der Waals surface area contributed by atoms with Crippen molar-refractivity contribution in [2.24, 2.45) is 10.8 Å². The van der Waals surface area contributed by atoms with Crippen LogP contribution in [-0.4, -0.2) is 32.2 Å². The molecule has 1 aliphatic rings. The van der Waals surface area contributed by atoms with Crippen molar-refractivity contribution < 1.29 is 4.79 Å². The highest BCUT2D eigenvalue weighted by Crippen LogP contribution is 2.37. The molecule has 0 atom stereocenters. The fourth-order valence-electron chi connectivity index (χ4n) is 2.82. The first-order chi connectivity index (χ1) is 13.3. The number of thioether (sulfide) groups is 1. The van der Waals surface area contributed by atoms with Gasteiger partial charge in [0.2, 0.25) is 11.1 Å². The lowest BCUT2D eigenvalue weighted by atomic mass is 10.0. The molecule has 0 saturated carbocycles. The van der Waals surface area contributed by atoms with Gasteiger partial charge in [-0.25, -0.2) is 0 Å². The van der Waals surface area contributed by atoms with E-state index in [1.54, 1.807) is 22.9 Å². The van der Waals surface area contributed by atoms with Gasteiger partial charge < -0.3 is 5.73 Å². The molecule has 28 heavy (non-hydrogen) atoms. The Morgan fingerprint density at radius 2 is 1.96 bits per heavy atom. The molecule has 1 aliphatic heterocycles. The quantitative estimate of drug-likeness (QED) is 0.585. The first kappa shape index (κ1) is 19.3. The highest BCUT2D eigenvalue weighted by atomic mass is 35.5. The number of nitrogens with zero attached hydrogens (tertiary/aromatic N) is 4. The van der Waals surface area contributed by atoms with Crippen LogP contribution in [0.3, 0.4) is 0 Å². The van der Waals surface area contributed by atoms with E-state index in [1.807, 2.05) is 19.1 Å². The molecule has 10 heteroatoms. The van der Waals surface area contributed by atoms with Crippen molar-refractivity contribution in [1.82, 2.24) is 14.9 Å². The van der Waals surface area contributed by atoms with E-state index < -0.39 is 5.91 Å². The lowest BCUT2D eigenvalue weighted by Gasteiger charge is -2.15. The molecule has 2 heterocycles. The van der Waals surface area contributed by atoms with E-state index in [0.29, 0.717) is 42.9 Å².